The topological polar surface area (TPSA) is 60.5 Å². The molecule has 1 unspecified atom stereocenters. The number of carbonyl (C=O) groups excluding carboxylic acids is 1. The first-order valence-electron chi connectivity index (χ1n) is 9.02. The molecule has 0 saturated heterocycles. The third-order valence-corrected chi connectivity index (χ3v) is 4.21. The Labute approximate surface area is 154 Å². The van der Waals surface area contributed by atoms with Gasteiger partial charge in [-0.15, -0.1) is 0 Å². The molecule has 1 N–H and O–H groups in total. The lowest BCUT2D eigenvalue weighted by Crippen LogP contribution is -2.24. The molecule has 0 fully saturated rings. The van der Waals surface area contributed by atoms with Crippen LogP contribution in [0.25, 0.3) is 0 Å². The molecular weight excluding hydrogens is 328 g/mol. The van der Waals surface area contributed by atoms with Gasteiger partial charge >= 0.3 is 0 Å². The zero-order chi connectivity index (χ0) is 18.2. The van der Waals surface area contributed by atoms with Crippen LogP contribution in [-0.2, 0) is 11.3 Å². The molecule has 0 aliphatic heterocycles. The molecule has 1 heterocycles. The number of amides is 1. The first-order valence-corrected chi connectivity index (χ1v) is 9.02. The fraction of sp³-hybridized carbons (Fsp3) is 0.333. The van der Waals surface area contributed by atoms with E-state index in [0.717, 1.165) is 18.4 Å². The SMILES string of the molecule is CCOc1ccccc1Oc1ccc(CNC(=O)CC2C=CCC2)cn1. The lowest BCUT2D eigenvalue weighted by Gasteiger charge is -2.11. The molecule has 2 aromatic rings. The van der Waals surface area contributed by atoms with Gasteiger partial charge in [0.2, 0.25) is 11.8 Å². The van der Waals surface area contributed by atoms with Crippen LogP contribution in [0.15, 0.2) is 54.7 Å². The van der Waals surface area contributed by atoms with E-state index in [1.54, 1.807) is 12.3 Å². The highest BCUT2D eigenvalue weighted by Crippen LogP contribution is 2.30. The van der Waals surface area contributed by atoms with Crippen LogP contribution in [0.4, 0.5) is 0 Å². The summed E-state index contributed by atoms with van der Waals surface area (Å²) in [6.45, 7) is 2.97. The first kappa shape index (κ1) is 18.0. The summed E-state index contributed by atoms with van der Waals surface area (Å²) in [5, 5.41) is 2.95. The van der Waals surface area contributed by atoms with E-state index in [-0.39, 0.29) is 5.91 Å². The summed E-state index contributed by atoms with van der Waals surface area (Å²) in [6.07, 6.45) is 8.70. The predicted molar refractivity (Wildman–Crippen MR) is 100 cm³/mol. The molecule has 1 aromatic heterocycles. The fourth-order valence-corrected chi connectivity index (χ4v) is 2.87. The first-order chi connectivity index (χ1) is 12.7. The maximum atomic E-state index is 12.0. The van der Waals surface area contributed by atoms with Crippen LogP contribution in [0.3, 0.4) is 0 Å². The number of allylic oxidation sites excluding steroid dienone is 2. The largest absolute Gasteiger partial charge is 0.490 e. The number of hydrogen-bond acceptors (Lipinski definition) is 4. The minimum Gasteiger partial charge on any atom is -0.490 e. The summed E-state index contributed by atoms with van der Waals surface area (Å²) in [6, 6.07) is 11.2. The number of para-hydroxylation sites is 2. The summed E-state index contributed by atoms with van der Waals surface area (Å²) in [7, 11) is 0. The van der Waals surface area contributed by atoms with Gasteiger partial charge in [0.05, 0.1) is 6.61 Å². The molecule has 136 valence electrons. The van der Waals surface area contributed by atoms with Crippen molar-refractivity contribution in [2.24, 2.45) is 5.92 Å². The van der Waals surface area contributed by atoms with Crippen LogP contribution < -0.4 is 14.8 Å². The van der Waals surface area contributed by atoms with Crippen molar-refractivity contribution >= 4 is 5.91 Å². The molecule has 26 heavy (non-hydrogen) atoms. The Kier molecular flexibility index (Phi) is 6.25. The van der Waals surface area contributed by atoms with E-state index >= 15 is 0 Å². The quantitative estimate of drug-likeness (QED) is 0.722. The van der Waals surface area contributed by atoms with Crippen LogP contribution in [0.5, 0.6) is 17.4 Å². The smallest absolute Gasteiger partial charge is 0.220 e. The maximum absolute atomic E-state index is 12.0. The van der Waals surface area contributed by atoms with E-state index in [1.807, 2.05) is 37.3 Å². The number of nitrogens with one attached hydrogen (secondary N) is 1. The van der Waals surface area contributed by atoms with Gasteiger partial charge in [0.15, 0.2) is 11.5 Å². The zero-order valence-electron chi connectivity index (χ0n) is 15.0. The minimum atomic E-state index is 0.0764. The number of aromatic nitrogens is 1. The van der Waals surface area contributed by atoms with Crippen molar-refractivity contribution in [3.8, 4) is 17.4 Å². The van der Waals surface area contributed by atoms with E-state index in [9.17, 15) is 4.79 Å². The monoisotopic (exact) mass is 352 g/mol. The van der Waals surface area contributed by atoms with Crippen LogP contribution in [0.1, 0.15) is 31.7 Å². The lowest BCUT2D eigenvalue weighted by atomic mass is 10.1. The van der Waals surface area contributed by atoms with Crippen molar-refractivity contribution in [1.29, 1.82) is 0 Å². The standard InChI is InChI=1S/C21H24N2O3/c1-2-25-18-9-5-6-10-19(18)26-21-12-11-17(15-23-21)14-22-20(24)13-16-7-3-4-8-16/h3,5-7,9-12,15-16H,2,4,8,13-14H2,1H3,(H,22,24). The second-order valence-electron chi connectivity index (χ2n) is 6.23. The van der Waals surface area contributed by atoms with Gasteiger partial charge in [0.25, 0.3) is 0 Å². The highest BCUT2D eigenvalue weighted by atomic mass is 16.5. The van der Waals surface area contributed by atoms with Gasteiger partial charge in [0, 0.05) is 25.2 Å². The van der Waals surface area contributed by atoms with E-state index < -0.39 is 0 Å². The van der Waals surface area contributed by atoms with Gasteiger partial charge in [-0.1, -0.05) is 30.4 Å². The van der Waals surface area contributed by atoms with Gasteiger partial charge in [-0.05, 0) is 43.4 Å². The van der Waals surface area contributed by atoms with Crippen molar-refractivity contribution in [2.75, 3.05) is 6.61 Å². The molecule has 0 radical (unpaired) electrons. The Bertz CT molecular complexity index is 756. The van der Waals surface area contributed by atoms with Crippen molar-refractivity contribution in [3.63, 3.8) is 0 Å². The van der Waals surface area contributed by atoms with E-state index in [0.29, 0.717) is 42.9 Å². The second-order valence-corrected chi connectivity index (χ2v) is 6.23. The fourth-order valence-electron chi connectivity index (χ4n) is 2.87. The highest BCUT2D eigenvalue weighted by Gasteiger charge is 2.13. The number of carbonyl (C=O) groups is 1. The minimum absolute atomic E-state index is 0.0764. The number of benzene rings is 1. The van der Waals surface area contributed by atoms with E-state index in [4.69, 9.17) is 9.47 Å². The van der Waals surface area contributed by atoms with Gasteiger partial charge < -0.3 is 14.8 Å². The molecule has 0 saturated carbocycles. The maximum Gasteiger partial charge on any atom is 0.220 e. The number of rotatable bonds is 8. The summed E-state index contributed by atoms with van der Waals surface area (Å²) in [4.78, 5) is 16.3. The Hall–Kier alpha value is -2.82. The Morgan fingerprint density at radius 1 is 1.23 bits per heavy atom. The molecular formula is C21H24N2O3. The number of nitrogens with zero attached hydrogens (tertiary/aromatic N) is 1. The molecule has 1 aromatic carbocycles. The van der Waals surface area contributed by atoms with Crippen molar-refractivity contribution < 1.29 is 14.3 Å². The summed E-state index contributed by atoms with van der Waals surface area (Å²) in [5.74, 6) is 2.27. The van der Waals surface area contributed by atoms with E-state index in [1.165, 1.54) is 0 Å². The molecule has 1 amide bonds. The molecule has 1 aliphatic rings. The highest BCUT2D eigenvalue weighted by molar-refractivity contribution is 5.76. The zero-order valence-corrected chi connectivity index (χ0v) is 15.0. The molecule has 0 bridgehead atoms. The van der Waals surface area contributed by atoms with Gasteiger partial charge in [0.1, 0.15) is 0 Å². The number of ether oxygens (including phenoxy) is 2. The second kappa shape index (κ2) is 9.04. The number of pyridine rings is 1. The molecule has 3 rings (SSSR count). The lowest BCUT2D eigenvalue weighted by molar-refractivity contribution is -0.121. The summed E-state index contributed by atoms with van der Waals surface area (Å²) < 4.78 is 11.3. The van der Waals surface area contributed by atoms with Crippen LogP contribution in [0.2, 0.25) is 0 Å². The molecule has 1 aliphatic carbocycles. The third-order valence-electron chi connectivity index (χ3n) is 4.21. The average molecular weight is 352 g/mol. The molecule has 0 spiro atoms. The van der Waals surface area contributed by atoms with Gasteiger partial charge in [-0.25, -0.2) is 4.98 Å². The van der Waals surface area contributed by atoms with Crippen molar-refractivity contribution in [2.45, 2.75) is 32.7 Å². The van der Waals surface area contributed by atoms with Gasteiger partial charge in [-0.2, -0.15) is 0 Å². The molecule has 5 nitrogen and oxygen atoms in total. The number of hydrogen-bond donors (Lipinski definition) is 1. The Balaban J connectivity index is 1.52. The Morgan fingerprint density at radius 2 is 2.08 bits per heavy atom. The van der Waals surface area contributed by atoms with E-state index in [2.05, 4.69) is 22.5 Å². The van der Waals surface area contributed by atoms with Crippen molar-refractivity contribution in [3.05, 3.63) is 60.3 Å². The molecule has 1 atom stereocenters. The normalized spacial score (nSPS) is 15.7. The average Bonchev–Trinajstić information content (AvgIpc) is 3.16. The van der Waals surface area contributed by atoms with Crippen LogP contribution in [0, 0.1) is 5.92 Å². The Morgan fingerprint density at radius 3 is 2.77 bits per heavy atom. The van der Waals surface area contributed by atoms with Crippen LogP contribution in [-0.4, -0.2) is 17.5 Å². The molecule has 5 heteroatoms. The summed E-state index contributed by atoms with van der Waals surface area (Å²) in [5.41, 5.74) is 0.936. The van der Waals surface area contributed by atoms with Crippen LogP contribution >= 0.6 is 0 Å². The third kappa shape index (κ3) is 5.09. The van der Waals surface area contributed by atoms with Crippen molar-refractivity contribution in [1.82, 2.24) is 10.3 Å². The van der Waals surface area contributed by atoms with Gasteiger partial charge in [-0.3, -0.25) is 4.79 Å². The summed E-state index contributed by atoms with van der Waals surface area (Å²) >= 11 is 0. The predicted octanol–water partition coefficient (Wildman–Crippen LogP) is 4.25.